The average molecular weight is 332 g/mol. The monoisotopic (exact) mass is 330 g/mol. The zero-order chi connectivity index (χ0) is 14.7. The van der Waals surface area contributed by atoms with Crippen LogP contribution in [0.1, 0.15) is 17.2 Å². The van der Waals surface area contributed by atoms with E-state index in [9.17, 15) is 0 Å². The molecular weight excluding hydrogens is 319 g/mol. The molecule has 0 heterocycles. The van der Waals surface area contributed by atoms with Crippen LogP contribution >= 0.6 is 34.8 Å². The lowest BCUT2D eigenvalue weighted by atomic mass is 9.98. The molecule has 0 aliphatic carbocycles. The Morgan fingerprint density at radius 2 is 1.75 bits per heavy atom. The second-order valence-electron chi connectivity index (χ2n) is 4.12. The fraction of sp³-hybridized carbons (Fsp3) is 0.143. The molecule has 0 aliphatic heterocycles. The molecule has 2 aromatic rings. The standard InChI is InChI=1S/C14H13Cl3N2O/c1-20-12-6-5-8(15)7-9(12)14(19-18)13-10(16)3-2-4-11(13)17/h2-7,14,19H,18H2,1H3. The van der Waals surface area contributed by atoms with Crippen molar-refractivity contribution in [3.63, 3.8) is 0 Å². The Labute approximate surface area is 132 Å². The number of rotatable bonds is 4. The van der Waals surface area contributed by atoms with Gasteiger partial charge in [-0.3, -0.25) is 5.84 Å². The van der Waals surface area contributed by atoms with Gasteiger partial charge in [0.2, 0.25) is 0 Å². The van der Waals surface area contributed by atoms with E-state index in [1.54, 1.807) is 43.5 Å². The molecule has 3 nitrogen and oxygen atoms in total. The Morgan fingerprint density at radius 1 is 1.10 bits per heavy atom. The first kappa shape index (κ1) is 15.4. The molecule has 0 aromatic heterocycles. The van der Waals surface area contributed by atoms with Crippen molar-refractivity contribution in [1.29, 1.82) is 0 Å². The van der Waals surface area contributed by atoms with Crippen molar-refractivity contribution in [3.8, 4) is 5.75 Å². The zero-order valence-electron chi connectivity index (χ0n) is 10.7. The van der Waals surface area contributed by atoms with Crippen LogP contribution in [0.2, 0.25) is 15.1 Å². The number of nitrogens with two attached hydrogens (primary N) is 1. The van der Waals surface area contributed by atoms with Crippen LogP contribution in [0, 0.1) is 0 Å². The van der Waals surface area contributed by atoms with Crippen LogP contribution in [0.25, 0.3) is 0 Å². The summed E-state index contributed by atoms with van der Waals surface area (Å²) >= 11 is 18.5. The van der Waals surface area contributed by atoms with Gasteiger partial charge in [-0.1, -0.05) is 40.9 Å². The lowest BCUT2D eigenvalue weighted by molar-refractivity contribution is 0.404. The van der Waals surface area contributed by atoms with E-state index in [1.165, 1.54) is 0 Å². The van der Waals surface area contributed by atoms with Crippen LogP contribution in [0.5, 0.6) is 5.75 Å². The highest BCUT2D eigenvalue weighted by Gasteiger charge is 2.22. The summed E-state index contributed by atoms with van der Waals surface area (Å²) in [5, 5.41) is 1.61. The summed E-state index contributed by atoms with van der Waals surface area (Å²) in [6.07, 6.45) is 0. The molecule has 0 spiro atoms. The van der Waals surface area contributed by atoms with Gasteiger partial charge in [0.25, 0.3) is 0 Å². The van der Waals surface area contributed by atoms with Crippen molar-refractivity contribution >= 4 is 34.8 Å². The van der Waals surface area contributed by atoms with Gasteiger partial charge in [0, 0.05) is 26.2 Å². The van der Waals surface area contributed by atoms with Gasteiger partial charge in [-0.05, 0) is 30.3 Å². The Morgan fingerprint density at radius 3 is 2.30 bits per heavy atom. The van der Waals surface area contributed by atoms with Gasteiger partial charge in [-0.2, -0.15) is 0 Å². The summed E-state index contributed by atoms with van der Waals surface area (Å²) in [5.74, 6) is 6.33. The molecule has 0 aliphatic rings. The number of hydrogen-bond donors (Lipinski definition) is 2. The maximum atomic E-state index is 6.23. The van der Waals surface area contributed by atoms with Crippen molar-refractivity contribution in [1.82, 2.24) is 5.43 Å². The van der Waals surface area contributed by atoms with Crippen molar-refractivity contribution in [2.24, 2.45) is 5.84 Å². The molecule has 0 amide bonds. The first-order valence-electron chi connectivity index (χ1n) is 5.82. The van der Waals surface area contributed by atoms with E-state index in [1.807, 2.05) is 0 Å². The predicted octanol–water partition coefficient (Wildman–Crippen LogP) is 4.21. The quantitative estimate of drug-likeness (QED) is 0.652. The Kier molecular flexibility index (Phi) is 5.13. The molecule has 2 aromatic carbocycles. The van der Waals surface area contributed by atoms with Gasteiger partial charge in [0.05, 0.1) is 13.2 Å². The molecule has 20 heavy (non-hydrogen) atoms. The molecule has 106 valence electrons. The Bertz CT molecular complexity index is 599. The SMILES string of the molecule is COc1ccc(Cl)cc1C(NN)c1c(Cl)cccc1Cl. The number of nitrogens with one attached hydrogen (secondary N) is 1. The number of hydrazine groups is 1. The Balaban J connectivity index is 2.61. The second kappa shape index (κ2) is 6.66. The van der Waals surface area contributed by atoms with Crippen LogP contribution in [-0.4, -0.2) is 7.11 Å². The molecule has 2 rings (SSSR count). The fourth-order valence-corrected chi connectivity index (χ4v) is 2.84. The molecule has 0 fully saturated rings. The van der Waals surface area contributed by atoms with E-state index < -0.39 is 6.04 Å². The average Bonchev–Trinajstić information content (AvgIpc) is 2.43. The molecule has 0 bridgehead atoms. The lowest BCUT2D eigenvalue weighted by Gasteiger charge is -2.22. The smallest absolute Gasteiger partial charge is 0.124 e. The summed E-state index contributed by atoms with van der Waals surface area (Å²) in [6.45, 7) is 0. The summed E-state index contributed by atoms with van der Waals surface area (Å²) in [6, 6.07) is 10.1. The van der Waals surface area contributed by atoms with E-state index in [0.29, 0.717) is 26.4 Å². The van der Waals surface area contributed by atoms with Crippen molar-refractivity contribution < 1.29 is 4.74 Å². The third-order valence-electron chi connectivity index (χ3n) is 2.96. The van der Waals surface area contributed by atoms with Crippen LogP contribution in [0.3, 0.4) is 0 Å². The molecule has 3 N–H and O–H groups in total. The summed E-state index contributed by atoms with van der Waals surface area (Å²) in [5.41, 5.74) is 4.15. The van der Waals surface area contributed by atoms with Crippen LogP contribution in [-0.2, 0) is 0 Å². The van der Waals surface area contributed by atoms with Gasteiger partial charge in [0.15, 0.2) is 0 Å². The topological polar surface area (TPSA) is 47.3 Å². The lowest BCUT2D eigenvalue weighted by Crippen LogP contribution is -2.29. The molecule has 0 saturated heterocycles. The molecule has 0 radical (unpaired) electrons. The number of halogens is 3. The summed E-state index contributed by atoms with van der Waals surface area (Å²) in [7, 11) is 1.58. The first-order chi connectivity index (χ1) is 9.58. The summed E-state index contributed by atoms with van der Waals surface area (Å²) in [4.78, 5) is 0. The second-order valence-corrected chi connectivity index (χ2v) is 5.37. The molecule has 1 unspecified atom stereocenters. The van der Waals surface area contributed by atoms with Gasteiger partial charge < -0.3 is 4.74 Å². The highest BCUT2D eigenvalue weighted by Crippen LogP contribution is 2.38. The van der Waals surface area contributed by atoms with Gasteiger partial charge in [-0.25, -0.2) is 5.43 Å². The van der Waals surface area contributed by atoms with E-state index >= 15 is 0 Å². The van der Waals surface area contributed by atoms with E-state index in [2.05, 4.69) is 5.43 Å². The minimum atomic E-state index is -0.426. The largest absolute Gasteiger partial charge is 0.496 e. The molecular formula is C14H13Cl3N2O. The number of ether oxygens (including phenoxy) is 1. The number of benzene rings is 2. The van der Waals surface area contributed by atoms with Gasteiger partial charge >= 0.3 is 0 Å². The molecule has 1 atom stereocenters. The van der Waals surface area contributed by atoms with Crippen LogP contribution in [0.4, 0.5) is 0 Å². The normalized spacial score (nSPS) is 12.2. The highest BCUT2D eigenvalue weighted by atomic mass is 35.5. The maximum absolute atomic E-state index is 6.23. The van der Waals surface area contributed by atoms with Crippen molar-refractivity contribution in [2.45, 2.75) is 6.04 Å². The third-order valence-corrected chi connectivity index (χ3v) is 3.85. The van der Waals surface area contributed by atoms with E-state index in [0.717, 1.165) is 5.56 Å². The van der Waals surface area contributed by atoms with Crippen LogP contribution < -0.4 is 16.0 Å². The Hall–Kier alpha value is -0.970. The number of methoxy groups -OCH3 is 1. The first-order valence-corrected chi connectivity index (χ1v) is 6.95. The third kappa shape index (κ3) is 3.03. The predicted molar refractivity (Wildman–Crippen MR) is 83.6 cm³/mol. The van der Waals surface area contributed by atoms with Gasteiger partial charge in [-0.15, -0.1) is 0 Å². The maximum Gasteiger partial charge on any atom is 0.124 e. The molecule has 0 saturated carbocycles. The minimum Gasteiger partial charge on any atom is -0.496 e. The minimum absolute atomic E-state index is 0.426. The van der Waals surface area contributed by atoms with Gasteiger partial charge in [0.1, 0.15) is 5.75 Å². The van der Waals surface area contributed by atoms with Crippen LogP contribution in [0.15, 0.2) is 36.4 Å². The van der Waals surface area contributed by atoms with Crippen molar-refractivity contribution in [2.75, 3.05) is 7.11 Å². The number of hydrogen-bond acceptors (Lipinski definition) is 3. The molecule has 6 heteroatoms. The summed E-state index contributed by atoms with van der Waals surface area (Å²) < 4.78 is 5.34. The fourth-order valence-electron chi connectivity index (χ4n) is 2.05. The van der Waals surface area contributed by atoms with E-state index in [-0.39, 0.29) is 0 Å². The highest BCUT2D eigenvalue weighted by molar-refractivity contribution is 6.36. The zero-order valence-corrected chi connectivity index (χ0v) is 12.9. The van der Waals surface area contributed by atoms with E-state index in [4.69, 9.17) is 45.4 Å². The van der Waals surface area contributed by atoms with Crippen molar-refractivity contribution in [3.05, 3.63) is 62.6 Å².